The van der Waals surface area contributed by atoms with E-state index in [1.54, 1.807) is 18.4 Å². The van der Waals surface area contributed by atoms with Crippen LogP contribution in [0.3, 0.4) is 0 Å². The summed E-state index contributed by atoms with van der Waals surface area (Å²) >= 11 is 0. The minimum Gasteiger partial charge on any atom is -0.464 e. The number of benzene rings is 2. The lowest BCUT2D eigenvalue weighted by atomic mass is 10.1. The molecule has 0 bridgehead atoms. The zero-order valence-corrected chi connectivity index (χ0v) is 12.9. The van der Waals surface area contributed by atoms with Gasteiger partial charge in [0.1, 0.15) is 18.2 Å². The summed E-state index contributed by atoms with van der Waals surface area (Å²) in [4.78, 5) is 11.8. The Labute approximate surface area is 139 Å². The number of rotatable bonds is 4. The number of carbonyl (C=O) groups excluding carboxylic acids is 1. The Bertz CT molecular complexity index is 810. The van der Waals surface area contributed by atoms with Gasteiger partial charge in [-0.05, 0) is 17.7 Å². The number of nitrogens with one attached hydrogen (secondary N) is 2. The summed E-state index contributed by atoms with van der Waals surface area (Å²) < 4.78 is 10.4. The third-order valence-corrected chi connectivity index (χ3v) is 3.42. The molecule has 0 aliphatic rings. The van der Waals surface area contributed by atoms with Crippen molar-refractivity contribution >= 4 is 11.9 Å². The van der Waals surface area contributed by atoms with Crippen molar-refractivity contribution in [2.45, 2.75) is 6.61 Å². The van der Waals surface area contributed by atoms with Gasteiger partial charge < -0.3 is 9.15 Å². The highest BCUT2D eigenvalue weighted by atomic mass is 16.5. The van der Waals surface area contributed by atoms with Crippen LogP contribution in [0.1, 0.15) is 11.1 Å². The van der Waals surface area contributed by atoms with Crippen LogP contribution in [0.25, 0.3) is 11.3 Å². The minimum atomic E-state index is -0.654. The van der Waals surface area contributed by atoms with Crippen molar-refractivity contribution in [2.75, 3.05) is 0 Å². The second-order valence-corrected chi connectivity index (χ2v) is 5.12. The lowest BCUT2D eigenvalue weighted by Crippen LogP contribution is -2.30. The summed E-state index contributed by atoms with van der Waals surface area (Å²) in [6, 6.07) is 20.2. The number of ether oxygens (including phenoxy) is 1. The SMILES string of the molecule is N=C(NC(=O)OCc1ccccc1)c1ccc(-c2ccco2)cc1. The van der Waals surface area contributed by atoms with Crippen LogP contribution in [0.15, 0.2) is 77.4 Å². The van der Waals surface area contributed by atoms with E-state index in [1.807, 2.05) is 54.6 Å². The lowest BCUT2D eigenvalue weighted by molar-refractivity contribution is 0.145. The molecular formula is C19H16N2O3. The number of furan rings is 1. The highest BCUT2D eigenvalue weighted by Crippen LogP contribution is 2.19. The molecule has 1 aromatic heterocycles. The maximum Gasteiger partial charge on any atom is 0.413 e. The van der Waals surface area contributed by atoms with Crippen molar-refractivity contribution in [3.63, 3.8) is 0 Å². The average molecular weight is 320 g/mol. The summed E-state index contributed by atoms with van der Waals surface area (Å²) in [6.07, 6.45) is 0.953. The van der Waals surface area contributed by atoms with Crippen LogP contribution in [-0.2, 0) is 11.3 Å². The highest BCUT2D eigenvalue weighted by molar-refractivity contribution is 6.04. The number of amidine groups is 1. The third kappa shape index (κ3) is 3.89. The highest BCUT2D eigenvalue weighted by Gasteiger charge is 2.09. The molecule has 120 valence electrons. The van der Waals surface area contributed by atoms with Gasteiger partial charge in [-0.15, -0.1) is 0 Å². The first kappa shape index (κ1) is 15.6. The Kier molecular flexibility index (Phi) is 4.72. The maximum absolute atomic E-state index is 11.8. The van der Waals surface area contributed by atoms with Gasteiger partial charge in [0.15, 0.2) is 0 Å². The van der Waals surface area contributed by atoms with E-state index >= 15 is 0 Å². The van der Waals surface area contributed by atoms with Gasteiger partial charge in [-0.3, -0.25) is 10.7 Å². The lowest BCUT2D eigenvalue weighted by Gasteiger charge is -2.08. The Morgan fingerprint density at radius 1 is 1.00 bits per heavy atom. The predicted molar refractivity (Wildman–Crippen MR) is 90.7 cm³/mol. The molecule has 5 heteroatoms. The summed E-state index contributed by atoms with van der Waals surface area (Å²) in [5, 5.41) is 10.4. The average Bonchev–Trinajstić information content (AvgIpc) is 3.16. The molecule has 1 heterocycles. The van der Waals surface area contributed by atoms with Gasteiger partial charge in [-0.1, -0.05) is 54.6 Å². The van der Waals surface area contributed by atoms with Crippen molar-refractivity contribution in [3.05, 3.63) is 84.1 Å². The molecule has 2 aromatic carbocycles. The van der Waals surface area contributed by atoms with Crippen LogP contribution in [-0.4, -0.2) is 11.9 Å². The zero-order valence-electron chi connectivity index (χ0n) is 12.9. The monoisotopic (exact) mass is 320 g/mol. The number of alkyl carbamates (subject to hydrolysis) is 1. The molecule has 0 aliphatic carbocycles. The second kappa shape index (κ2) is 7.28. The molecule has 0 spiro atoms. The minimum absolute atomic E-state index is 0.0148. The molecule has 0 saturated heterocycles. The molecule has 1 amide bonds. The van der Waals surface area contributed by atoms with Gasteiger partial charge in [0.05, 0.1) is 6.26 Å². The number of hydrogen-bond donors (Lipinski definition) is 2. The number of hydrogen-bond acceptors (Lipinski definition) is 4. The van der Waals surface area contributed by atoms with Crippen molar-refractivity contribution in [1.29, 1.82) is 5.41 Å². The van der Waals surface area contributed by atoms with Crippen LogP contribution in [0.5, 0.6) is 0 Å². The van der Waals surface area contributed by atoms with E-state index in [0.717, 1.165) is 16.9 Å². The van der Waals surface area contributed by atoms with E-state index in [4.69, 9.17) is 14.6 Å². The van der Waals surface area contributed by atoms with Crippen LogP contribution in [0, 0.1) is 5.41 Å². The first-order chi connectivity index (χ1) is 11.7. The van der Waals surface area contributed by atoms with Crippen LogP contribution in [0.4, 0.5) is 4.79 Å². The van der Waals surface area contributed by atoms with Crippen LogP contribution < -0.4 is 5.32 Å². The van der Waals surface area contributed by atoms with Gasteiger partial charge >= 0.3 is 6.09 Å². The normalized spacial score (nSPS) is 10.2. The fraction of sp³-hybridized carbons (Fsp3) is 0.0526. The van der Waals surface area contributed by atoms with Gasteiger partial charge in [0.2, 0.25) is 0 Å². The standard InChI is InChI=1S/C19H16N2O3/c20-18(21-19(22)24-13-14-5-2-1-3-6-14)16-10-8-15(9-11-16)17-7-4-12-23-17/h1-12H,13H2,(H2,20,21,22). The Hall–Kier alpha value is -3.34. The van der Waals surface area contributed by atoms with E-state index in [-0.39, 0.29) is 12.4 Å². The predicted octanol–water partition coefficient (Wildman–Crippen LogP) is 4.20. The molecule has 3 rings (SSSR count). The van der Waals surface area contributed by atoms with E-state index in [1.165, 1.54) is 0 Å². The zero-order chi connectivity index (χ0) is 16.8. The topological polar surface area (TPSA) is 75.3 Å². The smallest absolute Gasteiger partial charge is 0.413 e. The van der Waals surface area contributed by atoms with Crippen LogP contribution in [0.2, 0.25) is 0 Å². The van der Waals surface area contributed by atoms with Gasteiger partial charge in [0.25, 0.3) is 0 Å². The van der Waals surface area contributed by atoms with Gasteiger partial charge in [0, 0.05) is 11.1 Å². The van der Waals surface area contributed by atoms with Gasteiger partial charge in [-0.2, -0.15) is 0 Å². The third-order valence-electron chi connectivity index (χ3n) is 3.42. The fourth-order valence-corrected chi connectivity index (χ4v) is 2.18. The number of amides is 1. The summed E-state index contributed by atoms with van der Waals surface area (Å²) in [7, 11) is 0. The second-order valence-electron chi connectivity index (χ2n) is 5.12. The van der Waals surface area contributed by atoms with E-state index < -0.39 is 6.09 Å². The first-order valence-electron chi connectivity index (χ1n) is 7.43. The molecule has 0 fully saturated rings. The van der Waals surface area contributed by atoms with Gasteiger partial charge in [-0.25, -0.2) is 4.79 Å². The maximum atomic E-state index is 11.8. The summed E-state index contributed by atoms with van der Waals surface area (Å²) in [5.41, 5.74) is 2.38. The fourth-order valence-electron chi connectivity index (χ4n) is 2.18. The molecule has 0 atom stereocenters. The quantitative estimate of drug-likeness (QED) is 0.559. The molecule has 0 aliphatic heterocycles. The molecule has 0 unspecified atom stereocenters. The molecule has 0 radical (unpaired) electrons. The van der Waals surface area contributed by atoms with Crippen molar-refractivity contribution < 1.29 is 13.9 Å². The molecular weight excluding hydrogens is 304 g/mol. The Morgan fingerprint density at radius 2 is 1.75 bits per heavy atom. The van der Waals surface area contributed by atoms with E-state index in [9.17, 15) is 4.79 Å². The largest absolute Gasteiger partial charge is 0.464 e. The molecule has 0 saturated carbocycles. The molecule has 3 aromatic rings. The van der Waals surface area contributed by atoms with E-state index in [2.05, 4.69) is 5.32 Å². The van der Waals surface area contributed by atoms with E-state index in [0.29, 0.717) is 5.56 Å². The van der Waals surface area contributed by atoms with Crippen molar-refractivity contribution in [2.24, 2.45) is 0 Å². The Balaban J connectivity index is 1.55. The first-order valence-corrected chi connectivity index (χ1v) is 7.43. The van der Waals surface area contributed by atoms with Crippen molar-refractivity contribution in [1.82, 2.24) is 5.32 Å². The van der Waals surface area contributed by atoms with Crippen LogP contribution >= 0.6 is 0 Å². The number of carbonyl (C=O) groups is 1. The summed E-state index contributed by atoms with van der Waals surface area (Å²) in [5.74, 6) is 0.738. The summed E-state index contributed by atoms with van der Waals surface area (Å²) in [6.45, 7) is 0.164. The molecule has 24 heavy (non-hydrogen) atoms. The Morgan fingerprint density at radius 3 is 2.42 bits per heavy atom. The molecule has 2 N–H and O–H groups in total. The molecule has 5 nitrogen and oxygen atoms in total. The van der Waals surface area contributed by atoms with Crippen molar-refractivity contribution in [3.8, 4) is 11.3 Å².